The Balaban J connectivity index is 2.06. The molecule has 0 amide bonds. The number of allylic oxidation sites excluding steroid dienone is 4. The number of rotatable bonds is 4. The third kappa shape index (κ3) is 4.17. The number of hydrogen-bond acceptors (Lipinski definition) is 6. The molecule has 2 aliphatic rings. The molecular weight excluding hydrogens is 304 g/mol. The van der Waals surface area contributed by atoms with Crippen LogP contribution in [-0.4, -0.2) is 40.8 Å². The molecule has 0 saturated heterocycles. The monoisotopic (exact) mass is 318 g/mol. The van der Waals surface area contributed by atoms with E-state index < -0.39 is 20.0 Å². The molecule has 20 heavy (non-hydrogen) atoms. The molecule has 0 radical (unpaired) electrons. The minimum absolute atomic E-state index is 0.496. The quantitative estimate of drug-likeness (QED) is 0.677. The van der Waals surface area contributed by atoms with Gasteiger partial charge in [0, 0.05) is 12.8 Å². The number of nitrogens with zero attached hydrogens (tertiary/aromatic N) is 2. The normalized spacial score (nSPS) is 22.7. The second kappa shape index (κ2) is 5.02. The fraction of sp³-hybridized carbons (Fsp3) is 0.400. The summed E-state index contributed by atoms with van der Waals surface area (Å²) in [5, 5.41) is 7.59. The summed E-state index contributed by atoms with van der Waals surface area (Å²) >= 11 is 0. The summed E-state index contributed by atoms with van der Waals surface area (Å²) < 4.78 is 43.7. The molecule has 2 aliphatic carbocycles. The van der Waals surface area contributed by atoms with Gasteiger partial charge in [0.1, 0.15) is 0 Å². The van der Waals surface area contributed by atoms with Crippen LogP contribution in [0.1, 0.15) is 12.8 Å². The minimum Gasteiger partial charge on any atom is -0.206 e. The number of sulfonamides is 2. The lowest BCUT2D eigenvalue weighted by molar-refractivity contribution is 0.589. The van der Waals surface area contributed by atoms with Gasteiger partial charge in [0.25, 0.3) is 0 Å². The molecule has 2 N–H and O–H groups in total. The Morgan fingerprint density at radius 1 is 0.850 bits per heavy atom. The van der Waals surface area contributed by atoms with Crippen LogP contribution in [0.3, 0.4) is 0 Å². The molecule has 0 atom stereocenters. The molecule has 0 saturated carbocycles. The number of nitrogens with one attached hydrogen (secondary N) is 2. The van der Waals surface area contributed by atoms with Gasteiger partial charge in [-0.15, -0.1) is 0 Å². The van der Waals surface area contributed by atoms with Crippen molar-refractivity contribution in [2.24, 2.45) is 10.2 Å². The maximum atomic E-state index is 10.9. The Morgan fingerprint density at radius 3 is 1.50 bits per heavy atom. The Labute approximate surface area is 117 Å². The summed E-state index contributed by atoms with van der Waals surface area (Å²) in [4.78, 5) is 4.15. The fourth-order valence-corrected chi connectivity index (χ4v) is 2.40. The van der Waals surface area contributed by atoms with Crippen molar-refractivity contribution < 1.29 is 16.8 Å². The first-order valence-electron chi connectivity index (χ1n) is 5.60. The van der Waals surface area contributed by atoms with Crippen molar-refractivity contribution >= 4 is 31.5 Å². The molecule has 0 heterocycles. The topological polar surface area (TPSA) is 117 Å². The average Bonchev–Trinajstić information content (AvgIpc) is 2.78. The van der Waals surface area contributed by atoms with Crippen LogP contribution >= 0.6 is 0 Å². The van der Waals surface area contributed by atoms with Gasteiger partial charge < -0.3 is 0 Å². The van der Waals surface area contributed by atoms with E-state index in [1.165, 1.54) is 0 Å². The summed E-state index contributed by atoms with van der Waals surface area (Å²) in [5.41, 5.74) is 3.17. The molecule has 10 heteroatoms. The molecule has 8 nitrogen and oxygen atoms in total. The predicted molar refractivity (Wildman–Crippen MR) is 76.2 cm³/mol. The predicted octanol–water partition coefficient (Wildman–Crippen LogP) is -0.543. The lowest BCUT2D eigenvalue weighted by Crippen LogP contribution is -2.17. The van der Waals surface area contributed by atoms with E-state index in [9.17, 15) is 16.8 Å². The Kier molecular flexibility index (Phi) is 3.69. The van der Waals surface area contributed by atoms with Gasteiger partial charge in [0.05, 0.1) is 23.9 Å². The van der Waals surface area contributed by atoms with Gasteiger partial charge in [-0.2, -0.15) is 10.2 Å². The summed E-state index contributed by atoms with van der Waals surface area (Å²) in [6.07, 6.45) is 6.59. The maximum Gasteiger partial charge on any atom is 0.244 e. The summed E-state index contributed by atoms with van der Waals surface area (Å²) in [5.74, 6) is 0. The van der Waals surface area contributed by atoms with Gasteiger partial charge in [0.2, 0.25) is 20.0 Å². The average molecular weight is 318 g/mol. The second-order valence-electron chi connectivity index (χ2n) is 4.63. The summed E-state index contributed by atoms with van der Waals surface area (Å²) in [6, 6.07) is 0. The van der Waals surface area contributed by atoms with Gasteiger partial charge in [-0.05, 0) is 23.3 Å². The zero-order valence-electron chi connectivity index (χ0n) is 10.9. The first-order valence-corrected chi connectivity index (χ1v) is 9.39. The van der Waals surface area contributed by atoms with E-state index in [0.29, 0.717) is 24.3 Å². The van der Waals surface area contributed by atoms with Gasteiger partial charge >= 0.3 is 0 Å². The SMILES string of the molecule is CS(=O)(=O)NN=C1C=C2CC(=NNS(C)(=O)=O)C=C2C1. The number of fused-ring (bicyclic) bond motifs is 1. The van der Waals surface area contributed by atoms with E-state index in [1.54, 1.807) is 12.2 Å². The highest BCUT2D eigenvalue weighted by Gasteiger charge is 2.24. The van der Waals surface area contributed by atoms with Crippen LogP contribution in [0, 0.1) is 0 Å². The van der Waals surface area contributed by atoms with Crippen molar-refractivity contribution in [3.8, 4) is 0 Å². The van der Waals surface area contributed by atoms with E-state index >= 15 is 0 Å². The molecule has 0 aromatic heterocycles. The van der Waals surface area contributed by atoms with Crippen LogP contribution in [0.25, 0.3) is 0 Å². The van der Waals surface area contributed by atoms with E-state index in [2.05, 4.69) is 19.9 Å². The van der Waals surface area contributed by atoms with Crippen molar-refractivity contribution in [3.05, 3.63) is 23.3 Å². The minimum atomic E-state index is -3.36. The largest absolute Gasteiger partial charge is 0.244 e. The zero-order chi connectivity index (χ0) is 15.0. The molecule has 0 fully saturated rings. The highest BCUT2D eigenvalue weighted by atomic mass is 32.2. The van der Waals surface area contributed by atoms with Crippen LogP contribution < -0.4 is 9.66 Å². The van der Waals surface area contributed by atoms with E-state index in [1.807, 2.05) is 0 Å². The van der Waals surface area contributed by atoms with Gasteiger partial charge in [-0.1, -0.05) is 0 Å². The zero-order valence-corrected chi connectivity index (χ0v) is 12.5. The lowest BCUT2D eigenvalue weighted by Gasteiger charge is -1.98. The van der Waals surface area contributed by atoms with Crippen LogP contribution in [0.4, 0.5) is 0 Å². The first kappa shape index (κ1) is 14.7. The molecule has 0 aliphatic heterocycles. The van der Waals surface area contributed by atoms with Gasteiger partial charge in [0.15, 0.2) is 0 Å². The Hall–Kier alpha value is -1.68. The summed E-state index contributed by atoms with van der Waals surface area (Å²) in [7, 11) is -6.72. The summed E-state index contributed by atoms with van der Waals surface area (Å²) in [6.45, 7) is 0. The molecule has 0 spiro atoms. The fourth-order valence-electron chi connectivity index (χ4n) is 1.84. The van der Waals surface area contributed by atoms with Crippen LogP contribution in [0.5, 0.6) is 0 Å². The Morgan fingerprint density at radius 2 is 1.20 bits per heavy atom. The van der Waals surface area contributed by atoms with E-state index in [0.717, 1.165) is 23.7 Å². The van der Waals surface area contributed by atoms with Crippen molar-refractivity contribution in [2.45, 2.75) is 12.8 Å². The highest BCUT2D eigenvalue weighted by molar-refractivity contribution is 7.88. The molecule has 0 bridgehead atoms. The van der Waals surface area contributed by atoms with Crippen LogP contribution in [0.15, 0.2) is 33.5 Å². The van der Waals surface area contributed by atoms with Crippen molar-refractivity contribution in [1.82, 2.24) is 9.66 Å². The lowest BCUT2D eigenvalue weighted by atomic mass is 10.2. The molecule has 0 aromatic carbocycles. The van der Waals surface area contributed by atoms with Crippen LogP contribution in [-0.2, 0) is 20.0 Å². The van der Waals surface area contributed by atoms with Crippen molar-refractivity contribution in [1.29, 1.82) is 0 Å². The van der Waals surface area contributed by atoms with Gasteiger partial charge in [-0.3, -0.25) is 0 Å². The standard InChI is InChI=1S/C10H14N4O4S2/c1-19(15,16)13-11-9-3-7-5-10(6-8(7)4-9)12-14-20(2,17)18/h3,6,13-14H,4-5H2,1-2H3. The third-order valence-electron chi connectivity index (χ3n) is 2.55. The smallest absolute Gasteiger partial charge is 0.206 e. The second-order valence-corrected chi connectivity index (χ2v) is 8.08. The molecule has 0 aromatic rings. The van der Waals surface area contributed by atoms with Crippen molar-refractivity contribution in [3.63, 3.8) is 0 Å². The maximum absolute atomic E-state index is 10.9. The van der Waals surface area contributed by atoms with Crippen LogP contribution in [0.2, 0.25) is 0 Å². The highest BCUT2D eigenvalue weighted by Crippen LogP contribution is 2.31. The molecular formula is C10H14N4O4S2. The Bertz CT molecular complexity index is 691. The molecule has 0 unspecified atom stereocenters. The van der Waals surface area contributed by atoms with E-state index in [4.69, 9.17) is 0 Å². The molecule has 110 valence electrons. The third-order valence-corrected chi connectivity index (χ3v) is 3.39. The molecule has 2 rings (SSSR count). The van der Waals surface area contributed by atoms with Crippen molar-refractivity contribution in [2.75, 3.05) is 12.5 Å². The van der Waals surface area contributed by atoms with Gasteiger partial charge in [-0.25, -0.2) is 26.5 Å². The first-order chi connectivity index (χ1) is 9.12. The number of hydrogen-bond donors (Lipinski definition) is 2. The number of hydrazone groups is 2. The van der Waals surface area contributed by atoms with E-state index in [-0.39, 0.29) is 0 Å².